The minimum absolute atomic E-state index is 0.162. The van der Waals surface area contributed by atoms with Crippen molar-refractivity contribution in [2.75, 3.05) is 26.2 Å². The van der Waals surface area contributed by atoms with Crippen LogP contribution in [0.15, 0.2) is 51.8 Å². The third-order valence-corrected chi connectivity index (χ3v) is 7.13. The Labute approximate surface area is 163 Å². The molecule has 1 aliphatic heterocycles. The van der Waals surface area contributed by atoms with Gasteiger partial charge < -0.3 is 4.42 Å². The summed E-state index contributed by atoms with van der Waals surface area (Å²) in [4.78, 5) is 6.85. The van der Waals surface area contributed by atoms with Gasteiger partial charge in [-0.1, -0.05) is 29.8 Å². The molecule has 0 saturated carbocycles. The Balaban J connectivity index is 1.43. The van der Waals surface area contributed by atoms with Crippen LogP contribution in [0.2, 0.25) is 5.02 Å². The first kappa shape index (κ1) is 18.4. The molecule has 4 rings (SSSR count). The summed E-state index contributed by atoms with van der Waals surface area (Å²) in [5, 5.41) is 0.252. The number of nitrogens with zero attached hydrogens (tertiary/aromatic N) is 3. The number of hydrogen-bond donors (Lipinski definition) is 0. The summed E-state index contributed by atoms with van der Waals surface area (Å²) in [5.41, 5.74) is 2.77. The van der Waals surface area contributed by atoms with Gasteiger partial charge in [0, 0.05) is 26.2 Å². The summed E-state index contributed by atoms with van der Waals surface area (Å²) in [6, 6.07) is 12.5. The zero-order valence-electron chi connectivity index (χ0n) is 14.9. The molecule has 1 fully saturated rings. The highest BCUT2D eigenvalue weighted by Gasteiger charge is 2.30. The van der Waals surface area contributed by atoms with Crippen molar-refractivity contribution >= 4 is 32.7 Å². The molecule has 8 heteroatoms. The van der Waals surface area contributed by atoms with Gasteiger partial charge in [-0.2, -0.15) is 4.31 Å². The standard InChI is InChI=1S/C19H20ClN3O3S/c1-14-6-7-17-16(12-14)21-19(26-17)13-22-8-10-23(11-9-22)27(24,25)18-5-3-2-4-15(18)20/h2-7,12H,8-11,13H2,1H3. The summed E-state index contributed by atoms with van der Waals surface area (Å²) >= 11 is 6.08. The first-order chi connectivity index (χ1) is 12.9. The number of fused-ring (bicyclic) bond motifs is 1. The second-order valence-corrected chi connectivity index (χ2v) is 9.00. The molecule has 0 spiro atoms. The molecule has 2 heterocycles. The molecule has 0 aliphatic carbocycles. The van der Waals surface area contributed by atoms with Gasteiger partial charge in [-0.3, -0.25) is 4.90 Å². The van der Waals surface area contributed by atoms with Crippen LogP contribution in [0.4, 0.5) is 0 Å². The van der Waals surface area contributed by atoms with Gasteiger partial charge in [-0.05, 0) is 36.8 Å². The maximum absolute atomic E-state index is 12.8. The Morgan fingerprint density at radius 1 is 1.11 bits per heavy atom. The molecule has 2 aromatic carbocycles. The lowest BCUT2D eigenvalue weighted by Crippen LogP contribution is -2.48. The van der Waals surface area contributed by atoms with E-state index >= 15 is 0 Å². The van der Waals surface area contributed by atoms with E-state index < -0.39 is 10.0 Å². The molecular weight excluding hydrogens is 386 g/mol. The zero-order valence-corrected chi connectivity index (χ0v) is 16.5. The first-order valence-corrected chi connectivity index (χ1v) is 10.6. The van der Waals surface area contributed by atoms with Gasteiger partial charge in [-0.15, -0.1) is 0 Å². The lowest BCUT2D eigenvalue weighted by molar-refractivity contribution is 0.169. The fourth-order valence-electron chi connectivity index (χ4n) is 3.27. The molecule has 27 heavy (non-hydrogen) atoms. The zero-order chi connectivity index (χ0) is 19.0. The van der Waals surface area contributed by atoms with Crippen LogP contribution in [0, 0.1) is 6.92 Å². The lowest BCUT2D eigenvalue weighted by Gasteiger charge is -2.33. The lowest BCUT2D eigenvalue weighted by atomic mass is 10.2. The number of halogens is 1. The van der Waals surface area contributed by atoms with Crippen molar-refractivity contribution < 1.29 is 12.8 Å². The Morgan fingerprint density at radius 3 is 2.59 bits per heavy atom. The van der Waals surface area contributed by atoms with Crippen molar-refractivity contribution in [1.29, 1.82) is 0 Å². The van der Waals surface area contributed by atoms with Crippen LogP contribution >= 0.6 is 11.6 Å². The van der Waals surface area contributed by atoms with E-state index in [2.05, 4.69) is 9.88 Å². The van der Waals surface area contributed by atoms with Crippen molar-refractivity contribution in [1.82, 2.24) is 14.2 Å². The largest absolute Gasteiger partial charge is 0.439 e. The minimum Gasteiger partial charge on any atom is -0.439 e. The van der Waals surface area contributed by atoms with E-state index in [4.69, 9.17) is 16.0 Å². The minimum atomic E-state index is -3.58. The summed E-state index contributed by atoms with van der Waals surface area (Å²) in [5.74, 6) is 0.651. The molecule has 0 bridgehead atoms. The summed E-state index contributed by atoms with van der Waals surface area (Å²) in [7, 11) is -3.58. The number of hydrogen-bond acceptors (Lipinski definition) is 5. The SMILES string of the molecule is Cc1ccc2oc(CN3CCN(S(=O)(=O)c4ccccc4Cl)CC3)nc2c1. The van der Waals surface area contributed by atoms with Gasteiger partial charge in [0.25, 0.3) is 0 Å². The number of piperazine rings is 1. The van der Waals surface area contributed by atoms with Crippen LogP contribution in [0.25, 0.3) is 11.1 Å². The second-order valence-electron chi connectivity index (χ2n) is 6.69. The van der Waals surface area contributed by atoms with E-state index in [-0.39, 0.29) is 9.92 Å². The highest BCUT2D eigenvalue weighted by atomic mass is 35.5. The fourth-order valence-corrected chi connectivity index (χ4v) is 5.18. The molecule has 3 aromatic rings. The Hall–Kier alpha value is -1.93. The van der Waals surface area contributed by atoms with E-state index in [0.717, 1.165) is 16.7 Å². The van der Waals surface area contributed by atoms with Gasteiger partial charge in [0.15, 0.2) is 5.58 Å². The fraction of sp³-hybridized carbons (Fsp3) is 0.316. The maximum atomic E-state index is 12.8. The third kappa shape index (κ3) is 3.73. The van der Waals surface area contributed by atoms with Gasteiger partial charge in [0.2, 0.25) is 15.9 Å². The molecule has 142 valence electrons. The third-order valence-electron chi connectivity index (χ3n) is 4.73. The first-order valence-electron chi connectivity index (χ1n) is 8.76. The van der Waals surface area contributed by atoms with Crippen LogP contribution in [0.1, 0.15) is 11.5 Å². The van der Waals surface area contributed by atoms with Crippen molar-refractivity contribution in [2.24, 2.45) is 0 Å². The highest BCUT2D eigenvalue weighted by molar-refractivity contribution is 7.89. The molecule has 1 aliphatic rings. The summed E-state index contributed by atoms with van der Waals surface area (Å²) < 4.78 is 32.9. The number of rotatable bonds is 4. The molecule has 0 radical (unpaired) electrons. The molecule has 0 N–H and O–H groups in total. The van der Waals surface area contributed by atoms with Crippen LogP contribution in [0.5, 0.6) is 0 Å². The van der Waals surface area contributed by atoms with Crippen LogP contribution in [-0.4, -0.2) is 48.8 Å². The van der Waals surface area contributed by atoms with E-state index in [1.54, 1.807) is 24.3 Å². The van der Waals surface area contributed by atoms with Gasteiger partial charge >= 0.3 is 0 Å². The molecule has 6 nitrogen and oxygen atoms in total. The molecule has 0 unspecified atom stereocenters. The number of aryl methyl sites for hydroxylation is 1. The summed E-state index contributed by atoms with van der Waals surface area (Å²) in [6.45, 7) is 4.63. The van der Waals surface area contributed by atoms with Gasteiger partial charge in [-0.25, -0.2) is 13.4 Å². The van der Waals surface area contributed by atoms with Crippen molar-refractivity contribution in [3.63, 3.8) is 0 Å². The van der Waals surface area contributed by atoms with E-state index in [9.17, 15) is 8.42 Å². The van der Waals surface area contributed by atoms with Crippen LogP contribution in [-0.2, 0) is 16.6 Å². The maximum Gasteiger partial charge on any atom is 0.244 e. The van der Waals surface area contributed by atoms with E-state index in [0.29, 0.717) is 38.6 Å². The molecule has 0 atom stereocenters. The Morgan fingerprint density at radius 2 is 1.85 bits per heavy atom. The van der Waals surface area contributed by atoms with Gasteiger partial charge in [0.05, 0.1) is 11.6 Å². The quantitative estimate of drug-likeness (QED) is 0.666. The van der Waals surface area contributed by atoms with Crippen molar-refractivity contribution in [3.8, 4) is 0 Å². The van der Waals surface area contributed by atoms with E-state index in [1.807, 2.05) is 25.1 Å². The average molecular weight is 406 g/mol. The highest BCUT2D eigenvalue weighted by Crippen LogP contribution is 2.25. The number of oxazole rings is 1. The smallest absolute Gasteiger partial charge is 0.244 e. The molecule has 0 amide bonds. The number of sulfonamides is 1. The van der Waals surface area contributed by atoms with Crippen molar-refractivity contribution in [2.45, 2.75) is 18.4 Å². The number of benzene rings is 2. The molecule has 1 saturated heterocycles. The summed E-state index contributed by atoms with van der Waals surface area (Å²) in [6.07, 6.45) is 0. The van der Waals surface area contributed by atoms with Crippen LogP contribution < -0.4 is 0 Å². The monoisotopic (exact) mass is 405 g/mol. The van der Waals surface area contributed by atoms with Crippen LogP contribution in [0.3, 0.4) is 0 Å². The Bertz CT molecular complexity index is 1070. The molecule has 1 aromatic heterocycles. The van der Waals surface area contributed by atoms with Crippen molar-refractivity contribution in [3.05, 3.63) is 58.9 Å². The average Bonchev–Trinajstić information content (AvgIpc) is 3.03. The Kier molecular flexibility index (Phi) is 4.94. The topological polar surface area (TPSA) is 66.7 Å². The molecular formula is C19H20ClN3O3S. The second kappa shape index (κ2) is 7.24. The normalized spacial score (nSPS) is 16.8. The van der Waals surface area contributed by atoms with E-state index in [1.165, 1.54) is 4.31 Å². The predicted molar refractivity (Wildman–Crippen MR) is 104 cm³/mol. The predicted octanol–water partition coefficient (Wildman–Crippen LogP) is 3.30. The van der Waals surface area contributed by atoms with Gasteiger partial charge in [0.1, 0.15) is 10.4 Å². The number of aromatic nitrogens is 1.